The van der Waals surface area contributed by atoms with Gasteiger partial charge in [-0.1, -0.05) is 24.3 Å². The van der Waals surface area contributed by atoms with Crippen molar-refractivity contribution in [2.24, 2.45) is 0 Å². The Morgan fingerprint density at radius 1 is 1.10 bits per heavy atom. The van der Waals surface area contributed by atoms with Gasteiger partial charge in [0.25, 0.3) is 0 Å². The second-order valence-electron chi connectivity index (χ2n) is 5.00. The molecular formula is C16H17N3S. The van der Waals surface area contributed by atoms with Crippen LogP contribution in [-0.4, -0.2) is 28.8 Å². The largest absolute Gasteiger partial charge is 0.305 e. The molecule has 0 saturated heterocycles. The van der Waals surface area contributed by atoms with E-state index in [1.807, 2.05) is 22.9 Å². The minimum atomic E-state index is 0.889. The molecular weight excluding hydrogens is 266 g/mol. The van der Waals surface area contributed by atoms with Crippen LogP contribution in [-0.2, 0) is 6.54 Å². The molecule has 0 atom stereocenters. The van der Waals surface area contributed by atoms with Crippen molar-refractivity contribution < 1.29 is 0 Å². The molecule has 0 amide bonds. The van der Waals surface area contributed by atoms with Crippen molar-refractivity contribution in [1.82, 2.24) is 14.7 Å². The van der Waals surface area contributed by atoms with Gasteiger partial charge in [0.1, 0.15) is 5.69 Å². The first kappa shape index (κ1) is 13.1. The monoisotopic (exact) mass is 283 g/mol. The van der Waals surface area contributed by atoms with Crippen LogP contribution in [0.3, 0.4) is 0 Å². The number of thiophene rings is 1. The Morgan fingerprint density at radius 3 is 2.55 bits per heavy atom. The Labute approximate surface area is 123 Å². The molecule has 3 nitrogen and oxygen atoms in total. The highest BCUT2D eigenvalue weighted by atomic mass is 32.1. The van der Waals surface area contributed by atoms with E-state index in [9.17, 15) is 0 Å². The van der Waals surface area contributed by atoms with Gasteiger partial charge in [0, 0.05) is 18.3 Å². The molecule has 4 heteroatoms. The Morgan fingerprint density at radius 2 is 1.90 bits per heavy atom. The number of hydrogen-bond acceptors (Lipinski definition) is 3. The highest BCUT2D eigenvalue weighted by Gasteiger charge is 2.13. The summed E-state index contributed by atoms with van der Waals surface area (Å²) in [5.74, 6) is 0. The van der Waals surface area contributed by atoms with Crippen LogP contribution in [0.1, 0.15) is 5.56 Å². The van der Waals surface area contributed by atoms with E-state index in [4.69, 9.17) is 5.10 Å². The topological polar surface area (TPSA) is 21.1 Å². The number of aromatic nitrogens is 2. The molecule has 0 N–H and O–H groups in total. The Balaban J connectivity index is 2.06. The van der Waals surface area contributed by atoms with Crippen molar-refractivity contribution in [2.75, 3.05) is 14.1 Å². The molecule has 2 heterocycles. The standard InChI is InChI=1S/C16H17N3S/c1-18(2)11-13-12-19(14-7-4-3-5-8-14)17-16(13)15-9-6-10-20-15/h3-10,12H,11H2,1-2H3. The first-order valence-electron chi connectivity index (χ1n) is 6.56. The van der Waals surface area contributed by atoms with Gasteiger partial charge in [-0.2, -0.15) is 5.10 Å². The molecule has 0 fully saturated rings. The zero-order chi connectivity index (χ0) is 13.9. The normalized spacial score (nSPS) is 11.2. The Hall–Kier alpha value is -1.91. The summed E-state index contributed by atoms with van der Waals surface area (Å²) >= 11 is 1.73. The zero-order valence-electron chi connectivity index (χ0n) is 11.7. The molecule has 0 bridgehead atoms. The van der Waals surface area contributed by atoms with Crippen LogP contribution in [0.2, 0.25) is 0 Å². The first-order valence-corrected chi connectivity index (χ1v) is 7.44. The smallest absolute Gasteiger partial charge is 0.107 e. The molecule has 3 rings (SSSR count). The molecule has 3 aromatic rings. The summed E-state index contributed by atoms with van der Waals surface area (Å²) in [5.41, 5.74) is 3.43. The third-order valence-corrected chi connectivity index (χ3v) is 3.93. The minimum absolute atomic E-state index is 0.889. The van der Waals surface area contributed by atoms with E-state index in [0.29, 0.717) is 0 Å². The van der Waals surface area contributed by atoms with Crippen LogP contribution in [0.25, 0.3) is 16.3 Å². The quantitative estimate of drug-likeness (QED) is 0.728. The number of para-hydroxylation sites is 1. The van der Waals surface area contributed by atoms with E-state index in [-0.39, 0.29) is 0 Å². The van der Waals surface area contributed by atoms with Gasteiger partial charge in [0.15, 0.2) is 0 Å². The van der Waals surface area contributed by atoms with Gasteiger partial charge in [-0.3, -0.25) is 0 Å². The van der Waals surface area contributed by atoms with E-state index >= 15 is 0 Å². The summed E-state index contributed by atoms with van der Waals surface area (Å²) in [6.07, 6.45) is 2.13. The number of rotatable bonds is 4. The van der Waals surface area contributed by atoms with Gasteiger partial charge in [0.2, 0.25) is 0 Å². The molecule has 0 aliphatic heterocycles. The highest BCUT2D eigenvalue weighted by Crippen LogP contribution is 2.28. The van der Waals surface area contributed by atoms with Crippen molar-refractivity contribution in [3.8, 4) is 16.3 Å². The molecule has 0 unspecified atom stereocenters. The lowest BCUT2D eigenvalue weighted by molar-refractivity contribution is 0.403. The van der Waals surface area contributed by atoms with Crippen LogP contribution in [0.15, 0.2) is 54.0 Å². The summed E-state index contributed by atoms with van der Waals surface area (Å²) in [4.78, 5) is 3.39. The number of nitrogens with zero attached hydrogens (tertiary/aromatic N) is 3. The van der Waals surface area contributed by atoms with E-state index in [0.717, 1.165) is 17.9 Å². The van der Waals surface area contributed by atoms with Crippen molar-refractivity contribution in [3.05, 3.63) is 59.6 Å². The number of benzene rings is 1. The van der Waals surface area contributed by atoms with E-state index in [1.54, 1.807) is 11.3 Å². The predicted molar refractivity (Wildman–Crippen MR) is 84.3 cm³/mol. The molecule has 0 saturated carbocycles. The summed E-state index contributed by atoms with van der Waals surface area (Å²) in [6.45, 7) is 0.889. The van der Waals surface area contributed by atoms with E-state index in [1.165, 1.54) is 10.4 Å². The summed E-state index contributed by atoms with van der Waals surface area (Å²) in [6, 6.07) is 14.4. The van der Waals surface area contributed by atoms with Gasteiger partial charge in [-0.15, -0.1) is 11.3 Å². The van der Waals surface area contributed by atoms with Crippen molar-refractivity contribution >= 4 is 11.3 Å². The van der Waals surface area contributed by atoms with E-state index in [2.05, 4.69) is 54.8 Å². The fourth-order valence-corrected chi connectivity index (χ4v) is 2.94. The lowest BCUT2D eigenvalue weighted by atomic mass is 10.2. The number of hydrogen-bond donors (Lipinski definition) is 0. The Bertz CT molecular complexity index is 669. The van der Waals surface area contributed by atoms with Crippen molar-refractivity contribution in [3.63, 3.8) is 0 Å². The van der Waals surface area contributed by atoms with Gasteiger partial charge in [-0.25, -0.2) is 4.68 Å². The highest BCUT2D eigenvalue weighted by molar-refractivity contribution is 7.13. The van der Waals surface area contributed by atoms with Crippen LogP contribution in [0.4, 0.5) is 0 Å². The molecule has 20 heavy (non-hydrogen) atoms. The average molecular weight is 283 g/mol. The maximum Gasteiger partial charge on any atom is 0.107 e. The molecule has 102 valence electrons. The predicted octanol–water partition coefficient (Wildman–Crippen LogP) is 3.66. The van der Waals surface area contributed by atoms with Gasteiger partial charge < -0.3 is 4.90 Å². The van der Waals surface area contributed by atoms with Crippen LogP contribution in [0.5, 0.6) is 0 Å². The third-order valence-electron chi connectivity index (χ3n) is 3.05. The molecule has 1 aromatic carbocycles. The average Bonchev–Trinajstić information content (AvgIpc) is 3.08. The van der Waals surface area contributed by atoms with Gasteiger partial charge in [-0.05, 0) is 37.7 Å². The molecule has 0 aliphatic carbocycles. The maximum absolute atomic E-state index is 4.78. The lowest BCUT2D eigenvalue weighted by Gasteiger charge is -2.08. The van der Waals surface area contributed by atoms with Crippen LogP contribution >= 0.6 is 11.3 Å². The van der Waals surface area contributed by atoms with Crippen LogP contribution in [0, 0.1) is 0 Å². The van der Waals surface area contributed by atoms with Crippen molar-refractivity contribution in [2.45, 2.75) is 6.54 Å². The second kappa shape index (κ2) is 5.61. The molecule has 0 spiro atoms. The first-order chi connectivity index (χ1) is 9.74. The molecule has 0 radical (unpaired) electrons. The Kier molecular flexibility index (Phi) is 3.67. The molecule has 0 aliphatic rings. The van der Waals surface area contributed by atoms with Crippen LogP contribution < -0.4 is 0 Å². The molecule has 2 aromatic heterocycles. The van der Waals surface area contributed by atoms with Gasteiger partial charge in [0.05, 0.1) is 10.6 Å². The van der Waals surface area contributed by atoms with Crippen molar-refractivity contribution in [1.29, 1.82) is 0 Å². The summed E-state index contributed by atoms with van der Waals surface area (Å²) < 4.78 is 1.97. The maximum atomic E-state index is 4.78. The van der Waals surface area contributed by atoms with E-state index < -0.39 is 0 Å². The fraction of sp³-hybridized carbons (Fsp3) is 0.188. The minimum Gasteiger partial charge on any atom is -0.305 e. The SMILES string of the molecule is CN(C)Cc1cn(-c2ccccc2)nc1-c1cccs1. The summed E-state index contributed by atoms with van der Waals surface area (Å²) in [5, 5.41) is 6.87. The third kappa shape index (κ3) is 2.66. The van der Waals surface area contributed by atoms with Gasteiger partial charge >= 0.3 is 0 Å². The lowest BCUT2D eigenvalue weighted by Crippen LogP contribution is -2.10. The second-order valence-corrected chi connectivity index (χ2v) is 5.95. The fourth-order valence-electron chi connectivity index (χ4n) is 2.20. The summed E-state index contributed by atoms with van der Waals surface area (Å²) in [7, 11) is 4.16. The zero-order valence-corrected chi connectivity index (χ0v) is 12.5.